The maximum absolute atomic E-state index is 5.86. The van der Waals surface area contributed by atoms with Crippen LogP contribution in [0.1, 0.15) is 17.0 Å². The van der Waals surface area contributed by atoms with Crippen molar-refractivity contribution >= 4 is 11.9 Å². The number of nitrogens with two attached hydrogens (primary N) is 1. The zero-order valence-electron chi connectivity index (χ0n) is 13.1. The average molecular weight is 299 g/mol. The minimum atomic E-state index is 0.313. The molecule has 0 radical (unpaired) electrons. The maximum Gasteiger partial charge on any atom is 0.229 e. The van der Waals surface area contributed by atoms with Gasteiger partial charge < -0.3 is 10.5 Å². The fourth-order valence-corrected chi connectivity index (χ4v) is 2.07. The number of nitrogens with one attached hydrogen (secondary N) is 1. The third-order valence-corrected chi connectivity index (χ3v) is 3.04. The standard InChI is InChI=1S/C16H21N5O/c1-11-9-12(2)20-16(19-11)21-15(17)18-8-7-13-5-4-6-14(10-13)22-3/h4-6,9-10H,7-8H2,1-3H3,(H3,17,18,19,20,21). The number of hydrogen-bond donors (Lipinski definition) is 2. The molecule has 0 unspecified atom stereocenters. The molecule has 0 atom stereocenters. The Balaban J connectivity index is 1.92. The first kappa shape index (κ1) is 15.8. The summed E-state index contributed by atoms with van der Waals surface area (Å²) in [5.41, 5.74) is 8.79. The molecule has 0 aliphatic heterocycles. The van der Waals surface area contributed by atoms with Crippen LogP contribution in [0.5, 0.6) is 5.75 Å². The van der Waals surface area contributed by atoms with Crippen LogP contribution in [0.2, 0.25) is 0 Å². The molecule has 0 spiro atoms. The fraction of sp³-hybridized carbons (Fsp3) is 0.312. The second-order valence-corrected chi connectivity index (χ2v) is 4.97. The van der Waals surface area contributed by atoms with Crippen LogP contribution in [-0.2, 0) is 6.42 Å². The number of guanidine groups is 1. The second-order valence-electron chi connectivity index (χ2n) is 4.97. The van der Waals surface area contributed by atoms with E-state index in [-0.39, 0.29) is 0 Å². The van der Waals surface area contributed by atoms with E-state index in [2.05, 4.69) is 20.3 Å². The SMILES string of the molecule is COc1cccc(CCN=C(N)Nc2nc(C)cc(C)n2)c1. The third kappa shape index (κ3) is 4.73. The van der Waals surface area contributed by atoms with Crippen molar-refractivity contribution in [1.29, 1.82) is 0 Å². The van der Waals surface area contributed by atoms with Gasteiger partial charge in [0, 0.05) is 17.9 Å². The first-order valence-corrected chi connectivity index (χ1v) is 7.09. The summed E-state index contributed by atoms with van der Waals surface area (Å²) >= 11 is 0. The summed E-state index contributed by atoms with van der Waals surface area (Å²) in [6.07, 6.45) is 0.785. The number of benzene rings is 1. The third-order valence-electron chi connectivity index (χ3n) is 3.04. The Bertz CT molecular complexity index is 649. The van der Waals surface area contributed by atoms with Gasteiger partial charge in [-0.2, -0.15) is 0 Å². The van der Waals surface area contributed by atoms with Crippen molar-refractivity contribution in [3.63, 3.8) is 0 Å². The summed E-state index contributed by atoms with van der Waals surface area (Å²) in [5, 5.41) is 2.91. The Morgan fingerprint density at radius 2 is 1.95 bits per heavy atom. The van der Waals surface area contributed by atoms with Crippen LogP contribution in [0.3, 0.4) is 0 Å². The Morgan fingerprint density at radius 1 is 1.23 bits per heavy atom. The van der Waals surface area contributed by atoms with Crippen LogP contribution >= 0.6 is 0 Å². The fourth-order valence-electron chi connectivity index (χ4n) is 2.07. The van der Waals surface area contributed by atoms with E-state index in [1.54, 1.807) is 7.11 Å². The van der Waals surface area contributed by atoms with E-state index >= 15 is 0 Å². The minimum Gasteiger partial charge on any atom is -0.497 e. The highest BCUT2D eigenvalue weighted by Crippen LogP contribution is 2.12. The van der Waals surface area contributed by atoms with Crippen LogP contribution in [0, 0.1) is 13.8 Å². The van der Waals surface area contributed by atoms with Gasteiger partial charge in [-0.1, -0.05) is 12.1 Å². The molecule has 2 rings (SSSR count). The Labute approximate surface area is 130 Å². The highest BCUT2D eigenvalue weighted by Gasteiger charge is 2.01. The van der Waals surface area contributed by atoms with Crippen LogP contribution in [0.25, 0.3) is 0 Å². The summed E-state index contributed by atoms with van der Waals surface area (Å²) in [6.45, 7) is 4.41. The lowest BCUT2D eigenvalue weighted by Gasteiger charge is -2.06. The molecule has 1 aromatic carbocycles. The molecule has 6 heteroatoms. The predicted octanol–water partition coefficient (Wildman–Crippen LogP) is 2.07. The summed E-state index contributed by atoms with van der Waals surface area (Å²) in [5.74, 6) is 1.63. The number of hydrogen-bond acceptors (Lipinski definition) is 4. The topological polar surface area (TPSA) is 85.4 Å². The van der Waals surface area contributed by atoms with E-state index in [0.717, 1.165) is 29.1 Å². The molecule has 1 heterocycles. The summed E-state index contributed by atoms with van der Waals surface area (Å²) in [6, 6.07) is 9.81. The number of anilines is 1. The monoisotopic (exact) mass is 299 g/mol. The van der Waals surface area contributed by atoms with Crippen molar-refractivity contribution in [1.82, 2.24) is 9.97 Å². The summed E-state index contributed by atoms with van der Waals surface area (Å²) in [4.78, 5) is 12.8. The first-order valence-electron chi connectivity index (χ1n) is 7.09. The lowest BCUT2D eigenvalue weighted by Crippen LogP contribution is -2.24. The Hall–Kier alpha value is -2.63. The molecule has 0 amide bonds. The van der Waals surface area contributed by atoms with E-state index in [1.165, 1.54) is 0 Å². The van der Waals surface area contributed by atoms with Crippen LogP contribution in [0.4, 0.5) is 5.95 Å². The zero-order chi connectivity index (χ0) is 15.9. The van der Waals surface area contributed by atoms with Gasteiger partial charge in [-0.3, -0.25) is 10.3 Å². The van der Waals surface area contributed by atoms with Crippen molar-refractivity contribution in [3.8, 4) is 5.75 Å². The van der Waals surface area contributed by atoms with E-state index in [1.807, 2.05) is 44.2 Å². The Kier molecular flexibility index (Phi) is 5.30. The quantitative estimate of drug-likeness (QED) is 0.652. The molecule has 6 nitrogen and oxygen atoms in total. The van der Waals surface area contributed by atoms with Crippen LogP contribution < -0.4 is 15.8 Å². The highest BCUT2D eigenvalue weighted by molar-refractivity contribution is 5.90. The molecule has 2 aromatic rings. The van der Waals surface area contributed by atoms with Gasteiger partial charge in [-0.25, -0.2) is 9.97 Å². The minimum absolute atomic E-state index is 0.313. The number of methoxy groups -OCH3 is 1. The summed E-state index contributed by atoms with van der Waals surface area (Å²) in [7, 11) is 1.66. The van der Waals surface area contributed by atoms with Gasteiger partial charge in [0.25, 0.3) is 0 Å². The van der Waals surface area contributed by atoms with Crippen molar-refractivity contribution in [3.05, 3.63) is 47.3 Å². The largest absolute Gasteiger partial charge is 0.497 e. The molecule has 22 heavy (non-hydrogen) atoms. The number of aromatic nitrogens is 2. The van der Waals surface area contributed by atoms with E-state index in [0.29, 0.717) is 18.5 Å². The van der Waals surface area contributed by atoms with Gasteiger partial charge in [0.1, 0.15) is 5.75 Å². The number of aryl methyl sites for hydroxylation is 2. The van der Waals surface area contributed by atoms with Gasteiger partial charge in [0.15, 0.2) is 5.96 Å². The van der Waals surface area contributed by atoms with Crippen LogP contribution in [-0.4, -0.2) is 29.6 Å². The lowest BCUT2D eigenvalue weighted by molar-refractivity contribution is 0.414. The van der Waals surface area contributed by atoms with E-state index in [4.69, 9.17) is 10.5 Å². The first-order chi connectivity index (χ1) is 10.6. The number of ether oxygens (including phenoxy) is 1. The second kappa shape index (κ2) is 7.40. The maximum atomic E-state index is 5.86. The van der Waals surface area contributed by atoms with Crippen molar-refractivity contribution < 1.29 is 4.74 Å². The van der Waals surface area contributed by atoms with E-state index < -0.39 is 0 Å². The van der Waals surface area contributed by atoms with Gasteiger partial charge in [0.2, 0.25) is 5.95 Å². The normalized spacial score (nSPS) is 11.3. The molecule has 0 bridgehead atoms. The smallest absolute Gasteiger partial charge is 0.229 e. The zero-order valence-corrected chi connectivity index (χ0v) is 13.1. The molecule has 0 fully saturated rings. The molecule has 0 aliphatic carbocycles. The average Bonchev–Trinajstić information content (AvgIpc) is 2.46. The molecule has 3 N–H and O–H groups in total. The Morgan fingerprint density at radius 3 is 2.64 bits per heavy atom. The molecular weight excluding hydrogens is 278 g/mol. The molecule has 0 saturated heterocycles. The van der Waals surface area contributed by atoms with Crippen molar-refractivity contribution in [2.24, 2.45) is 10.7 Å². The number of rotatable bonds is 5. The highest BCUT2D eigenvalue weighted by atomic mass is 16.5. The van der Waals surface area contributed by atoms with Gasteiger partial charge in [-0.05, 0) is 44.0 Å². The molecule has 116 valence electrons. The number of aliphatic imine (C=N–C) groups is 1. The van der Waals surface area contributed by atoms with Crippen molar-refractivity contribution in [2.75, 3.05) is 19.0 Å². The lowest BCUT2D eigenvalue weighted by atomic mass is 10.1. The summed E-state index contributed by atoms with van der Waals surface area (Å²) < 4.78 is 5.19. The van der Waals surface area contributed by atoms with Gasteiger partial charge >= 0.3 is 0 Å². The molecular formula is C16H21N5O. The molecule has 0 aliphatic rings. The van der Waals surface area contributed by atoms with Crippen molar-refractivity contribution in [2.45, 2.75) is 20.3 Å². The molecule has 1 aromatic heterocycles. The number of nitrogens with zero attached hydrogens (tertiary/aromatic N) is 3. The van der Waals surface area contributed by atoms with Gasteiger partial charge in [0.05, 0.1) is 7.11 Å². The van der Waals surface area contributed by atoms with Crippen LogP contribution in [0.15, 0.2) is 35.3 Å². The predicted molar refractivity (Wildman–Crippen MR) is 88.3 cm³/mol. The van der Waals surface area contributed by atoms with E-state index in [9.17, 15) is 0 Å². The van der Waals surface area contributed by atoms with Gasteiger partial charge in [-0.15, -0.1) is 0 Å². The molecule has 0 saturated carbocycles.